The van der Waals surface area contributed by atoms with Gasteiger partial charge < -0.3 is 4.90 Å². The molecule has 0 aromatic rings. The van der Waals surface area contributed by atoms with Crippen LogP contribution in [-0.2, 0) is 4.79 Å². The van der Waals surface area contributed by atoms with Crippen LogP contribution in [0.5, 0.6) is 0 Å². The number of rotatable bonds is 6. The first kappa shape index (κ1) is 17.0. The van der Waals surface area contributed by atoms with Crippen LogP contribution >= 0.6 is 0 Å². The Morgan fingerprint density at radius 1 is 1.05 bits per heavy atom. The van der Waals surface area contributed by atoms with Gasteiger partial charge in [0.15, 0.2) is 0 Å². The lowest BCUT2D eigenvalue weighted by molar-refractivity contribution is -0.124. The molecule has 2 rings (SSSR count). The number of ketones is 1. The lowest BCUT2D eigenvalue weighted by Gasteiger charge is -2.37. The van der Waals surface area contributed by atoms with Crippen molar-refractivity contribution in [2.24, 2.45) is 23.7 Å². The van der Waals surface area contributed by atoms with Gasteiger partial charge in [0.2, 0.25) is 0 Å². The van der Waals surface area contributed by atoms with Crippen molar-refractivity contribution in [3.05, 3.63) is 0 Å². The lowest BCUT2D eigenvalue weighted by Crippen LogP contribution is -2.39. The first-order valence-electron chi connectivity index (χ1n) is 9.35. The molecule has 2 nitrogen and oxygen atoms in total. The average molecular weight is 293 g/mol. The highest BCUT2D eigenvalue weighted by atomic mass is 16.1. The molecule has 0 radical (unpaired) electrons. The Morgan fingerprint density at radius 3 is 2.19 bits per heavy atom. The van der Waals surface area contributed by atoms with E-state index in [1.165, 1.54) is 32.2 Å². The van der Waals surface area contributed by atoms with Crippen LogP contribution in [-0.4, -0.2) is 30.3 Å². The van der Waals surface area contributed by atoms with E-state index in [-0.39, 0.29) is 0 Å². The van der Waals surface area contributed by atoms with E-state index in [1.54, 1.807) is 0 Å². The molecule has 0 bridgehead atoms. The van der Waals surface area contributed by atoms with Crippen molar-refractivity contribution in [2.45, 2.75) is 72.1 Å². The standard InChI is InChI=1S/C19H35NO/c1-4-5-19(21)18-10-12-20(13-11-18)14-16-6-8-17(9-7-16)15(2)3/h15-18H,4-14H2,1-3H3. The number of Topliss-reactive ketones (excluding diaryl/α,β-unsaturated/α-hetero) is 1. The Labute approximate surface area is 131 Å². The maximum Gasteiger partial charge on any atom is 0.136 e. The molecule has 1 saturated heterocycles. The largest absolute Gasteiger partial charge is 0.303 e. The summed E-state index contributed by atoms with van der Waals surface area (Å²) in [6.07, 6.45) is 9.76. The molecule has 0 atom stereocenters. The predicted molar refractivity (Wildman–Crippen MR) is 89.4 cm³/mol. The summed E-state index contributed by atoms with van der Waals surface area (Å²) in [5.41, 5.74) is 0. The van der Waals surface area contributed by atoms with Gasteiger partial charge in [0, 0.05) is 18.9 Å². The van der Waals surface area contributed by atoms with Crippen LogP contribution in [0.2, 0.25) is 0 Å². The minimum Gasteiger partial charge on any atom is -0.303 e. The van der Waals surface area contributed by atoms with Crippen LogP contribution in [0.25, 0.3) is 0 Å². The molecule has 0 aromatic heterocycles. The van der Waals surface area contributed by atoms with E-state index in [9.17, 15) is 4.79 Å². The van der Waals surface area contributed by atoms with Crippen LogP contribution in [0.15, 0.2) is 0 Å². The molecule has 2 heteroatoms. The highest BCUT2D eigenvalue weighted by molar-refractivity contribution is 5.81. The number of likely N-dealkylation sites (tertiary alicyclic amines) is 1. The van der Waals surface area contributed by atoms with Crippen molar-refractivity contribution in [3.8, 4) is 0 Å². The summed E-state index contributed by atoms with van der Waals surface area (Å²) in [5.74, 6) is 3.65. The van der Waals surface area contributed by atoms with Gasteiger partial charge in [0.05, 0.1) is 0 Å². The van der Waals surface area contributed by atoms with Crippen LogP contribution in [0.4, 0.5) is 0 Å². The number of nitrogens with zero attached hydrogens (tertiary/aromatic N) is 1. The van der Waals surface area contributed by atoms with E-state index >= 15 is 0 Å². The van der Waals surface area contributed by atoms with E-state index in [4.69, 9.17) is 0 Å². The summed E-state index contributed by atoms with van der Waals surface area (Å²) in [6, 6.07) is 0. The molecule has 0 unspecified atom stereocenters. The monoisotopic (exact) mass is 293 g/mol. The fourth-order valence-corrected chi connectivity index (χ4v) is 4.29. The molecule has 0 spiro atoms. The van der Waals surface area contributed by atoms with Gasteiger partial charge in [-0.15, -0.1) is 0 Å². The number of carbonyl (C=O) groups is 1. The number of hydrogen-bond acceptors (Lipinski definition) is 2. The summed E-state index contributed by atoms with van der Waals surface area (Å²) >= 11 is 0. The maximum absolute atomic E-state index is 12.0. The number of carbonyl (C=O) groups excluding carboxylic acids is 1. The average Bonchev–Trinajstić information content (AvgIpc) is 2.49. The van der Waals surface area contributed by atoms with E-state index in [1.807, 2.05) is 0 Å². The minimum absolute atomic E-state index is 0.373. The Balaban J connectivity index is 1.66. The van der Waals surface area contributed by atoms with Gasteiger partial charge in [-0.05, 0) is 75.8 Å². The molecular formula is C19H35NO. The van der Waals surface area contributed by atoms with Gasteiger partial charge in [0.25, 0.3) is 0 Å². The van der Waals surface area contributed by atoms with E-state index in [2.05, 4.69) is 25.7 Å². The Bertz CT molecular complexity index is 310. The number of hydrogen-bond donors (Lipinski definition) is 0. The van der Waals surface area contributed by atoms with Crippen LogP contribution in [0, 0.1) is 23.7 Å². The zero-order valence-corrected chi connectivity index (χ0v) is 14.4. The van der Waals surface area contributed by atoms with E-state index < -0.39 is 0 Å². The summed E-state index contributed by atoms with van der Waals surface area (Å²) in [6.45, 7) is 10.5. The topological polar surface area (TPSA) is 20.3 Å². The van der Waals surface area contributed by atoms with Gasteiger partial charge in [-0.25, -0.2) is 0 Å². The smallest absolute Gasteiger partial charge is 0.136 e. The van der Waals surface area contributed by atoms with Crippen molar-refractivity contribution in [1.82, 2.24) is 4.90 Å². The maximum atomic E-state index is 12.0. The van der Waals surface area contributed by atoms with Crippen molar-refractivity contribution < 1.29 is 4.79 Å². The first-order chi connectivity index (χ1) is 10.1. The van der Waals surface area contributed by atoms with Crippen molar-refractivity contribution >= 4 is 5.78 Å². The summed E-state index contributed by atoms with van der Waals surface area (Å²) in [5, 5.41) is 0. The first-order valence-corrected chi connectivity index (χ1v) is 9.35. The highest BCUT2D eigenvalue weighted by Crippen LogP contribution is 2.34. The fourth-order valence-electron chi connectivity index (χ4n) is 4.29. The van der Waals surface area contributed by atoms with Crippen LogP contribution in [0.1, 0.15) is 72.1 Å². The van der Waals surface area contributed by atoms with E-state index in [0.717, 1.165) is 56.5 Å². The molecular weight excluding hydrogens is 258 g/mol. The van der Waals surface area contributed by atoms with Gasteiger partial charge >= 0.3 is 0 Å². The molecule has 2 aliphatic rings. The summed E-state index contributed by atoms with van der Waals surface area (Å²) in [4.78, 5) is 14.6. The van der Waals surface area contributed by atoms with Crippen molar-refractivity contribution in [1.29, 1.82) is 0 Å². The van der Waals surface area contributed by atoms with Gasteiger partial charge in [-0.2, -0.15) is 0 Å². The zero-order valence-electron chi connectivity index (χ0n) is 14.4. The molecule has 1 heterocycles. The molecule has 21 heavy (non-hydrogen) atoms. The highest BCUT2D eigenvalue weighted by Gasteiger charge is 2.28. The molecule has 122 valence electrons. The second kappa shape index (κ2) is 8.31. The minimum atomic E-state index is 0.373. The quantitative estimate of drug-likeness (QED) is 0.717. The third-order valence-electron chi connectivity index (χ3n) is 5.89. The van der Waals surface area contributed by atoms with E-state index in [0.29, 0.717) is 11.7 Å². The Morgan fingerprint density at radius 2 is 1.67 bits per heavy atom. The molecule has 0 aromatic carbocycles. The van der Waals surface area contributed by atoms with Crippen molar-refractivity contribution in [3.63, 3.8) is 0 Å². The Kier molecular flexibility index (Phi) is 6.73. The molecule has 0 amide bonds. The molecule has 1 saturated carbocycles. The molecule has 2 fully saturated rings. The SMILES string of the molecule is CCCC(=O)C1CCN(CC2CCC(C(C)C)CC2)CC1. The van der Waals surface area contributed by atoms with Crippen LogP contribution in [0.3, 0.4) is 0 Å². The van der Waals surface area contributed by atoms with Gasteiger partial charge in [-0.1, -0.05) is 20.8 Å². The lowest BCUT2D eigenvalue weighted by atomic mass is 9.76. The summed E-state index contributed by atoms with van der Waals surface area (Å²) in [7, 11) is 0. The molecule has 1 aliphatic heterocycles. The third kappa shape index (κ3) is 5.09. The normalized spacial score (nSPS) is 29.0. The third-order valence-corrected chi connectivity index (χ3v) is 5.89. The second-order valence-corrected chi connectivity index (χ2v) is 7.82. The van der Waals surface area contributed by atoms with Crippen LogP contribution < -0.4 is 0 Å². The van der Waals surface area contributed by atoms with Gasteiger partial charge in [0.1, 0.15) is 5.78 Å². The van der Waals surface area contributed by atoms with Gasteiger partial charge in [-0.3, -0.25) is 4.79 Å². The number of piperidine rings is 1. The predicted octanol–water partition coefficient (Wildman–Crippen LogP) is 4.53. The Hall–Kier alpha value is -0.370. The fraction of sp³-hybridized carbons (Fsp3) is 0.947. The molecule has 1 aliphatic carbocycles. The van der Waals surface area contributed by atoms with Crippen molar-refractivity contribution in [2.75, 3.05) is 19.6 Å². The molecule has 0 N–H and O–H groups in total. The summed E-state index contributed by atoms with van der Waals surface area (Å²) < 4.78 is 0. The zero-order chi connectivity index (χ0) is 15.2. The second-order valence-electron chi connectivity index (χ2n) is 7.82.